The van der Waals surface area contributed by atoms with Crippen molar-refractivity contribution in [2.24, 2.45) is 0 Å². The van der Waals surface area contributed by atoms with Gasteiger partial charge < -0.3 is 13.9 Å². The van der Waals surface area contributed by atoms with Gasteiger partial charge in [-0.15, -0.1) is 0 Å². The lowest BCUT2D eigenvalue weighted by molar-refractivity contribution is -0.205. The number of carbonyl (C=O) groups is 2. The van der Waals surface area contributed by atoms with Crippen molar-refractivity contribution in [3.63, 3.8) is 0 Å². The van der Waals surface area contributed by atoms with Gasteiger partial charge in [0, 0.05) is 5.57 Å². The quantitative estimate of drug-likeness (QED) is 0.554. The van der Waals surface area contributed by atoms with Crippen molar-refractivity contribution in [3.8, 4) is 0 Å². The Balaban J connectivity index is 1.99. The van der Waals surface area contributed by atoms with Gasteiger partial charge in [0.15, 0.2) is 0 Å². The third-order valence-electron chi connectivity index (χ3n) is 2.62. The monoisotopic (exact) mass is 220 g/mol. The molecule has 2 bridgehead atoms. The first-order chi connectivity index (χ1) is 7.52. The first-order valence-electron chi connectivity index (χ1n) is 4.77. The average Bonchev–Trinajstić information content (AvgIpc) is 2.76. The van der Waals surface area contributed by atoms with Gasteiger partial charge in [0.2, 0.25) is 5.76 Å². The lowest BCUT2D eigenvalue weighted by Gasteiger charge is -2.22. The van der Waals surface area contributed by atoms with Crippen LogP contribution < -0.4 is 0 Å². The van der Waals surface area contributed by atoms with Crippen molar-refractivity contribution in [1.29, 1.82) is 0 Å². The highest BCUT2D eigenvalue weighted by atomic mass is 16.7. The lowest BCUT2D eigenvalue weighted by atomic mass is 10.0. The molecule has 0 amide bonds. The van der Waals surface area contributed by atoms with Crippen LogP contribution in [0.2, 0.25) is 0 Å². The Morgan fingerprint density at radius 2 is 2.38 bits per heavy atom. The van der Waals surface area contributed by atoms with Gasteiger partial charge in [-0.1, -0.05) is 6.58 Å². The van der Waals surface area contributed by atoms with E-state index in [1.807, 2.05) is 0 Å². The van der Waals surface area contributed by atoms with Gasteiger partial charge in [0.05, 0.1) is 6.42 Å². The second kappa shape index (κ2) is 2.55. The summed E-state index contributed by atoms with van der Waals surface area (Å²) in [6, 6.07) is 1.61. The molecule has 1 atom stereocenters. The average molecular weight is 220 g/mol. The third kappa shape index (κ3) is 0.946. The van der Waals surface area contributed by atoms with E-state index in [2.05, 4.69) is 6.58 Å². The van der Waals surface area contributed by atoms with E-state index in [0.717, 1.165) is 0 Å². The number of hydrogen-bond acceptors (Lipinski definition) is 5. The zero-order valence-electron chi connectivity index (χ0n) is 8.53. The molecule has 2 aliphatic heterocycles. The molecule has 0 radical (unpaired) electrons. The summed E-state index contributed by atoms with van der Waals surface area (Å²) in [7, 11) is 0. The van der Waals surface area contributed by atoms with Crippen molar-refractivity contribution >= 4 is 11.9 Å². The van der Waals surface area contributed by atoms with E-state index in [1.165, 1.54) is 6.92 Å². The fourth-order valence-electron chi connectivity index (χ4n) is 1.90. The molecule has 1 aromatic heterocycles. The molecule has 2 aliphatic rings. The molecule has 0 N–H and O–H groups in total. The molecule has 3 heterocycles. The van der Waals surface area contributed by atoms with Crippen LogP contribution in [0.25, 0.3) is 0 Å². The molecule has 0 aromatic carbocycles. The number of carbonyl (C=O) groups excluding carboxylic acids is 2. The van der Waals surface area contributed by atoms with Crippen LogP contribution in [0, 0.1) is 0 Å². The zero-order chi connectivity index (χ0) is 11.5. The van der Waals surface area contributed by atoms with Crippen LogP contribution in [-0.4, -0.2) is 11.9 Å². The second-order valence-electron chi connectivity index (χ2n) is 3.94. The summed E-state index contributed by atoms with van der Waals surface area (Å²) in [5, 5.41) is 0. The maximum absolute atomic E-state index is 11.5. The first kappa shape index (κ1) is 9.21. The Bertz CT molecular complexity index is 539. The highest BCUT2D eigenvalue weighted by molar-refractivity contribution is 5.95. The van der Waals surface area contributed by atoms with Gasteiger partial charge in [-0.2, -0.15) is 0 Å². The predicted molar refractivity (Wildman–Crippen MR) is 50.4 cm³/mol. The van der Waals surface area contributed by atoms with Gasteiger partial charge in [-0.3, -0.25) is 0 Å². The van der Waals surface area contributed by atoms with Crippen molar-refractivity contribution in [2.75, 3.05) is 0 Å². The summed E-state index contributed by atoms with van der Waals surface area (Å²) < 4.78 is 15.5. The highest BCUT2D eigenvalue weighted by Gasteiger charge is 2.58. The number of esters is 2. The second-order valence-corrected chi connectivity index (χ2v) is 3.94. The third-order valence-corrected chi connectivity index (χ3v) is 2.62. The fourth-order valence-corrected chi connectivity index (χ4v) is 1.90. The van der Waals surface area contributed by atoms with E-state index >= 15 is 0 Å². The Hall–Kier alpha value is -2.04. The number of ether oxygens (including phenoxy) is 2. The molecular weight excluding hydrogens is 212 g/mol. The van der Waals surface area contributed by atoms with Crippen LogP contribution in [0.1, 0.15) is 28.8 Å². The Morgan fingerprint density at radius 3 is 3.00 bits per heavy atom. The van der Waals surface area contributed by atoms with Gasteiger partial charge in [-0.25, -0.2) is 9.59 Å². The van der Waals surface area contributed by atoms with Gasteiger partial charge in [0.1, 0.15) is 11.3 Å². The highest BCUT2D eigenvalue weighted by Crippen LogP contribution is 2.48. The molecule has 5 heteroatoms. The minimum Gasteiger partial charge on any atom is -0.457 e. The van der Waals surface area contributed by atoms with E-state index in [4.69, 9.17) is 13.9 Å². The maximum Gasteiger partial charge on any atom is 0.345 e. The lowest BCUT2D eigenvalue weighted by Crippen LogP contribution is -2.33. The van der Waals surface area contributed by atoms with Crippen molar-refractivity contribution in [2.45, 2.75) is 19.1 Å². The predicted octanol–water partition coefficient (Wildman–Crippen LogP) is 1.28. The smallest absolute Gasteiger partial charge is 0.345 e. The molecule has 1 aromatic rings. The fraction of sp³-hybridized carbons (Fsp3) is 0.273. The van der Waals surface area contributed by atoms with Crippen LogP contribution >= 0.6 is 0 Å². The minimum atomic E-state index is -1.37. The number of hydrogen-bond donors (Lipinski definition) is 0. The molecule has 1 unspecified atom stereocenters. The Morgan fingerprint density at radius 1 is 1.62 bits per heavy atom. The van der Waals surface area contributed by atoms with Crippen LogP contribution in [0.4, 0.5) is 0 Å². The summed E-state index contributed by atoms with van der Waals surface area (Å²) >= 11 is 0. The normalized spacial score (nSPS) is 24.4. The van der Waals surface area contributed by atoms with Crippen molar-refractivity contribution in [3.05, 3.63) is 35.3 Å². The standard InChI is InChI=1S/C11H8O5/c1-5(2)9(12)15-11-4-6-3-7(8(11)14-6)10(13)16-11/h3H,1,4H2,2H3. The SMILES string of the molecule is C=C(C)C(=O)OC12Cc3cc(c1o3)C(=O)O2. The number of furan rings is 1. The van der Waals surface area contributed by atoms with E-state index in [-0.39, 0.29) is 12.0 Å². The van der Waals surface area contributed by atoms with Crippen LogP contribution in [-0.2, 0) is 26.5 Å². The minimum absolute atomic E-state index is 0.247. The maximum atomic E-state index is 11.5. The number of rotatable bonds is 2. The molecule has 0 saturated carbocycles. The molecule has 0 spiro atoms. The molecule has 16 heavy (non-hydrogen) atoms. The van der Waals surface area contributed by atoms with Crippen molar-refractivity contribution < 1.29 is 23.5 Å². The largest absolute Gasteiger partial charge is 0.457 e. The summed E-state index contributed by atoms with van der Waals surface area (Å²) in [4.78, 5) is 22.9. The van der Waals surface area contributed by atoms with Crippen molar-refractivity contribution in [1.82, 2.24) is 0 Å². The van der Waals surface area contributed by atoms with Crippen LogP contribution in [0.3, 0.4) is 0 Å². The molecule has 0 aliphatic carbocycles. The Labute approximate surface area is 90.6 Å². The van der Waals surface area contributed by atoms with Gasteiger partial charge in [0.25, 0.3) is 0 Å². The molecule has 3 rings (SSSR count). The summed E-state index contributed by atoms with van der Waals surface area (Å²) in [5.41, 5.74) is 0.590. The first-order valence-corrected chi connectivity index (χ1v) is 4.77. The molecule has 5 nitrogen and oxygen atoms in total. The van der Waals surface area contributed by atoms with E-state index in [0.29, 0.717) is 17.1 Å². The van der Waals surface area contributed by atoms with E-state index < -0.39 is 17.7 Å². The molecular formula is C11H8O5. The molecule has 0 saturated heterocycles. The Kier molecular flexibility index (Phi) is 1.47. The van der Waals surface area contributed by atoms with Crippen LogP contribution in [0.15, 0.2) is 22.6 Å². The van der Waals surface area contributed by atoms with Gasteiger partial charge in [-0.05, 0) is 13.0 Å². The summed E-state index contributed by atoms with van der Waals surface area (Å²) in [6.45, 7) is 5.00. The molecule has 0 fully saturated rings. The number of fused-ring (bicyclic) bond motifs is 1. The molecule has 82 valence electrons. The summed E-state index contributed by atoms with van der Waals surface area (Å²) in [5.74, 6) is -1.60. The zero-order valence-corrected chi connectivity index (χ0v) is 8.53. The van der Waals surface area contributed by atoms with Gasteiger partial charge >= 0.3 is 17.7 Å². The summed E-state index contributed by atoms with van der Waals surface area (Å²) in [6.07, 6.45) is 0.247. The van der Waals surface area contributed by atoms with Crippen LogP contribution in [0.5, 0.6) is 0 Å². The topological polar surface area (TPSA) is 65.7 Å². The van der Waals surface area contributed by atoms with E-state index in [9.17, 15) is 9.59 Å². The van der Waals surface area contributed by atoms with E-state index in [1.54, 1.807) is 6.07 Å².